The minimum absolute atomic E-state index is 0.0281. The highest BCUT2D eigenvalue weighted by atomic mass is 19.1. The van der Waals surface area contributed by atoms with Gasteiger partial charge in [0.2, 0.25) is 0 Å². The molecule has 0 spiro atoms. The van der Waals surface area contributed by atoms with Crippen LogP contribution in [0.3, 0.4) is 0 Å². The zero-order valence-electron chi connectivity index (χ0n) is 13.2. The Morgan fingerprint density at radius 3 is 2.71 bits per heavy atom. The fourth-order valence-corrected chi connectivity index (χ4v) is 2.10. The molecule has 1 atom stereocenters. The second-order valence-corrected chi connectivity index (χ2v) is 6.26. The second kappa shape index (κ2) is 6.58. The van der Waals surface area contributed by atoms with E-state index >= 15 is 0 Å². The Bertz CT molecular complexity index is 586. The molecule has 4 heteroatoms. The Morgan fingerprint density at radius 1 is 1.29 bits per heavy atom. The maximum Gasteiger partial charge on any atom is 0.134 e. The lowest BCUT2D eigenvalue weighted by molar-refractivity contribution is -0.0170. The maximum absolute atomic E-state index is 13.3. The number of hydrogen-bond donors (Lipinski definition) is 1. The minimum atomic E-state index is -0.251. The largest absolute Gasteiger partial charge is 0.459 e. The van der Waals surface area contributed by atoms with E-state index in [2.05, 4.69) is 12.2 Å². The molecule has 0 fully saturated rings. The summed E-state index contributed by atoms with van der Waals surface area (Å²) in [6.45, 7) is 9.59. The number of nitrogens with one attached hydrogen (secondary N) is 1. The first kappa shape index (κ1) is 16.0. The molecule has 1 aromatic carbocycles. The van der Waals surface area contributed by atoms with Crippen LogP contribution in [0.1, 0.15) is 45.9 Å². The van der Waals surface area contributed by atoms with Crippen LogP contribution in [0, 0.1) is 5.82 Å². The fourth-order valence-electron chi connectivity index (χ4n) is 2.10. The molecule has 0 aliphatic rings. The van der Waals surface area contributed by atoms with Crippen LogP contribution in [0.15, 0.2) is 28.7 Å². The number of rotatable bonds is 6. The molecule has 1 unspecified atom stereocenters. The van der Waals surface area contributed by atoms with E-state index in [-0.39, 0.29) is 17.5 Å². The summed E-state index contributed by atoms with van der Waals surface area (Å²) in [7, 11) is 0. The van der Waals surface area contributed by atoms with Gasteiger partial charge in [0.05, 0.1) is 18.2 Å². The van der Waals surface area contributed by atoms with Gasteiger partial charge in [-0.1, -0.05) is 6.92 Å². The van der Waals surface area contributed by atoms with Crippen molar-refractivity contribution in [1.82, 2.24) is 5.32 Å². The average molecular weight is 293 g/mol. The highest BCUT2D eigenvalue weighted by molar-refractivity contribution is 5.78. The van der Waals surface area contributed by atoms with Crippen LogP contribution >= 0.6 is 0 Å². The second-order valence-electron chi connectivity index (χ2n) is 6.26. The van der Waals surface area contributed by atoms with E-state index in [1.54, 1.807) is 6.07 Å². The molecule has 21 heavy (non-hydrogen) atoms. The van der Waals surface area contributed by atoms with E-state index < -0.39 is 0 Å². The molecule has 0 amide bonds. The van der Waals surface area contributed by atoms with Gasteiger partial charge in [-0.15, -0.1) is 0 Å². The zero-order chi connectivity index (χ0) is 15.5. The van der Waals surface area contributed by atoms with Crippen molar-refractivity contribution < 1.29 is 13.5 Å². The summed E-state index contributed by atoms with van der Waals surface area (Å²) in [6, 6.07) is 6.42. The molecule has 1 aromatic heterocycles. The van der Waals surface area contributed by atoms with Crippen molar-refractivity contribution >= 4 is 11.0 Å². The smallest absolute Gasteiger partial charge is 0.134 e. The van der Waals surface area contributed by atoms with Crippen molar-refractivity contribution in [1.29, 1.82) is 0 Å². The van der Waals surface area contributed by atoms with Gasteiger partial charge in [0.15, 0.2) is 0 Å². The minimum Gasteiger partial charge on any atom is -0.459 e. The van der Waals surface area contributed by atoms with Crippen LogP contribution in [0.2, 0.25) is 0 Å². The van der Waals surface area contributed by atoms with Crippen molar-refractivity contribution in [3.05, 3.63) is 35.8 Å². The standard InChI is InChI=1S/C17H24FNO2/c1-5-8-19-14(11-20-17(2,3)4)16-10-12-9-13(18)6-7-15(12)21-16/h6-7,9-10,14,19H,5,8,11H2,1-4H3. The summed E-state index contributed by atoms with van der Waals surface area (Å²) < 4.78 is 25.0. The monoisotopic (exact) mass is 293 g/mol. The van der Waals surface area contributed by atoms with Crippen LogP contribution < -0.4 is 5.32 Å². The molecule has 0 radical (unpaired) electrons. The van der Waals surface area contributed by atoms with Crippen LogP contribution in [-0.4, -0.2) is 18.8 Å². The van der Waals surface area contributed by atoms with Gasteiger partial charge in [-0.3, -0.25) is 0 Å². The van der Waals surface area contributed by atoms with E-state index in [1.165, 1.54) is 12.1 Å². The van der Waals surface area contributed by atoms with Crippen molar-refractivity contribution in [2.75, 3.05) is 13.2 Å². The third-order valence-corrected chi connectivity index (χ3v) is 3.16. The lowest BCUT2D eigenvalue weighted by Crippen LogP contribution is -2.30. The molecular formula is C17H24FNO2. The molecule has 0 saturated carbocycles. The Labute approximate surface area is 125 Å². The first-order chi connectivity index (χ1) is 9.89. The van der Waals surface area contributed by atoms with Crippen LogP contribution in [0.4, 0.5) is 4.39 Å². The van der Waals surface area contributed by atoms with Crippen molar-refractivity contribution in [3.8, 4) is 0 Å². The van der Waals surface area contributed by atoms with Gasteiger partial charge < -0.3 is 14.5 Å². The number of benzene rings is 1. The lowest BCUT2D eigenvalue weighted by Gasteiger charge is -2.24. The molecule has 116 valence electrons. The zero-order valence-corrected chi connectivity index (χ0v) is 13.2. The van der Waals surface area contributed by atoms with Gasteiger partial charge in [0, 0.05) is 5.39 Å². The Morgan fingerprint density at radius 2 is 2.05 bits per heavy atom. The molecule has 2 rings (SSSR count). The predicted octanol–water partition coefficient (Wildman–Crippen LogP) is 4.43. The third-order valence-electron chi connectivity index (χ3n) is 3.16. The molecule has 3 nitrogen and oxygen atoms in total. The van der Waals surface area contributed by atoms with Gasteiger partial charge in [-0.05, 0) is 58.0 Å². The van der Waals surface area contributed by atoms with Gasteiger partial charge >= 0.3 is 0 Å². The molecule has 0 saturated heterocycles. The first-order valence-electron chi connectivity index (χ1n) is 7.45. The molecule has 0 aliphatic heterocycles. The van der Waals surface area contributed by atoms with Crippen molar-refractivity contribution in [2.24, 2.45) is 0 Å². The van der Waals surface area contributed by atoms with Crippen LogP contribution in [-0.2, 0) is 4.74 Å². The van der Waals surface area contributed by atoms with E-state index in [4.69, 9.17) is 9.15 Å². The molecule has 0 aliphatic carbocycles. The van der Waals surface area contributed by atoms with Crippen molar-refractivity contribution in [2.45, 2.75) is 45.8 Å². The SMILES string of the molecule is CCCNC(COC(C)(C)C)c1cc2cc(F)ccc2o1. The van der Waals surface area contributed by atoms with Gasteiger partial charge in [-0.25, -0.2) is 4.39 Å². The topological polar surface area (TPSA) is 34.4 Å². The third kappa shape index (κ3) is 4.55. The fraction of sp³-hybridized carbons (Fsp3) is 0.529. The normalized spacial score (nSPS) is 13.8. The molecule has 0 bridgehead atoms. The highest BCUT2D eigenvalue weighted by Gasteiger charge is 2.20. The number of hydrogen-bond acceptors (Lipinski definition) is 3. The summed E-state index contributed by atoms with van der Waals surface area (Å²) in [4.78, 5) is 0. The summed E-state index contributed by atoms with van der Waals surface area (Å²) in [6.07, 6.45) is 1.03. The summed E-state index contributed by atoms with van der Waals surface area (Å²) in [5.41, 5.74) is 0.495. The first-order valence-corrected chi connectivity index (χ1v) is 7.45. The van der Waals surface area contributed by atoms with Gasteiger partial charge in [0.1, 0.15) is 17.2 Å². The van der Waals surface area contributed by atoms with Crippen LogP contribution in [0.25, 0.3) is 11.0 Å². The van der Waals surface area contributed by atoms with Gasteiger partial charge in [-0.2, -0.15) is 0 Å². The number of ether oxygens (including phenoxy) is 1. The Kier molecular flexibility index (Phi) is 5.01. The Hall–Kier alpha value is -1.39. The highest BCUT2D eigenvalue weighted by Crippen LogP contribution is 2.26. The average Bonchev–Trinajstić information content (AvgIpc) is 2.80. The van der Waals surface area contributed by atoms with E-state index in [9.17, 15) is 4.39 Å². The predicted molar refractivity (Wildman–Crippen MR) is 82.9 cm³/mol. The van der Waals surface area contributed by atoms with E-state index in [0.717, 1.165) is 24.1 Å². The summed E-state index contributed by atoms with van der Waals surface area (Å²) in [5.74, 6) is 0.534. The van der Waals surface area contributed by atoms with E-state index in [1.807, 2.05) is 26.8 Å². The summed E-state index contributed by atoms with van der Waals surface area (Å²) in [5, 5.41) is 4.20. The van der Waals surface area contributed by atoms with Crippen molar-refractivity contribution in [3.63, 3.8) is 0 Å². The Balaban J connectivity index is 2.20. The van der Waals surface area contributed by atoms with Crippen LogP contribution in [0.5, 0.6) is 0 Å². The quantitative estimate of drug-likeness (QED) is 0.855. The molecular weight excluding hydrogens is 269 g/mol. The number of halogens is 1. The molecule has 1 heterocycles. The molecule has 1 N–H and O–H groups in total. The maximum atomic E-state index is 13.3. The number of fused-ring (bicyclic) bond motifs is 1. The number of furan rings is 1. The van der Waals surface area contributed by atoms with E-state index in [0.29, 0.717) is 12.2 Å². The summed E-state index contributed by atoms with van der Waals surface area (Å²) >= 11 is 0. The van der Waals surface area contributed by atoms with Gasteiger partial charge in [0.25, 0.3) is 0 Å². The lowest BCUT2D eigenvalue weighted by atomic mass is 10.1. The molecule has 2 aromatic rings.